The van der Waals surface area contributed by atoms with Crippen LogP contribution in [0.4, 0.5) is 0 Å². The molecule has 4 nitrogen and oxygen atoms in total. The van der Waals surface area contributed by atoms with E-state index in [2.05, 4.69) is 0 Å². The van der Waals surface area contributed by atoms with Crippen LogP contribution in [0.15, 0.2) is 30.3 Å². The number of hydrogen-bond acceptors (Lipinski definition) is 3. The number of aliphatic hydroxyl groups is 2. The molecule has 1 saturated heterocycles. The Morgan fingerprint density at radius 3 is 2.59 bits per heavy atom. The van der Waals surface area contributed by atoms with Crippen LogP contribution in [-0.4, -0.2) is 32.8 Å². The summed E-state index contributed by atoms with van der Waals surface area (Å²) in [5.41, 5.74) is 0.997. The molecule has 1 fully saturated rings. The maximum Gasteiger partial charge on any atom is 0.223 e. The summed E-state index contributed by atoms with van der Waals surface area (Å²) in [5.74, 6) is -1.85. The fourth-order valence-electron chi connectivity index (χ4n) is 2.28. The number of carbonyl (C=O) groups excluding carboxylic acids is 1. The van der Waals surface area contributed by atoms with Gasteiger partial charge in [0.1, 0.15) is 0 Å². The molecule has 2 N–H and O–H groups in total. The van der Waals surface area contributed by atoms with E-state index in [4.69, 9.17) is 0 Å². The van der Waals surface area contributed by atoms with Crippen molar-refractivity contribution in [3.05, 3.63) is 35.9 Å². The second-order valence-corrected chi connectivity index (χ2v) is 4.66. The SMILES string of the molecule is CC(O)(O)[C@@H]1CCC(=O)N1Cc1ccccc1. The van der Waals surface area contributed by atoms with Crippen LogP contribution < -0.4 is 0 Å². The first-order chi connectivity index (χ1) is 7.98. The first kappa shape index (κ1) is 12.1. The first-order valence-corrected chi connectivity index (χ1v) is 5.76. The van der Waals surface area contributed by atoms with Crippen molar-refractivity contribution in [2.45, 2.75) is 38.1 Å². The Morgan fingerprint density at radius 1 is 1.35 bits per heavy atom. The predicted octanol–water partition coefficient (Wildman–Crippen LogP) is 0.878. The third kappa shape index (κ3) is 2.65. The largest absolute Gasteiger partial charge is 0.364 e. The highest BCUT2D eigenvalue weighted by Crippen LogP contribution is 2.27. The highest BCUT2D eigenvalue weighted by Gasteiger charge is 2.41. The van der Waals surface area contributed by atoms with Gasteiger partial charge in [-0.1, -0.05) is 30.3 Å². The van der Waals surface area contributed by atoms with E-state index in [0.29, 0.717) is 19.4 Å². The number of likely N-dealkylation sites (tertiary alicyclic amines) is 1. The van der Waals surface area contributed by atoms with Crippen LogP contribution in [0.25, 0.3) is 0 Å². The molecule has 2 rings (SSSR count). The molecule has 0 aliphatic carbocycles. The smallest absolute Gasteiger partial charge is 0.223 e. The molecular formula is C13H17NO3. The maximum absolute atomic E-state index is 11.7. The molecule has 1 aromatic rings. The summed E-state index contributed by atoms with van der Waals surface area (Å²) in [6, 6.07) is 9.05. The molecule has 0 spiro atoms. The molecular weight excluding hydrogens is 218 g/mol. The Hall–Kier alpha value is -1.39. The second kappa shape index (κ2) is 4.47. The lowest BCUT2D eigenvalue weighted by Crippen LogP contribution is -2.48. The zero-order chi connectivity index (χ0) is 12.5. The Morgan fingerprint density at radius 2 is 2.00 bits per heavy atom. The zero-order valence-corrected chi connectivity index (χ0v) is 9.84. The standard InChI is InChI=1S/C13H17NO3/c1-13(16,17)11-7-8-12(15)14(11)9-10-5-3-2-4-6-10/h2-6,11,16-17H,7-9H2,1H3/t11-/m0/s1. The van der Waals surface area contributed by atoms with E-state index in [9.17, 15) is 15.0 Å². The van der Waals surface area contributed by atoms with Gasteiger partial charge < -0.3 is 15.1 Å². The van der Waals surface area contributed by atoms with Gasteiger partial charge in [-0.15, -0.1) is 0 Å². The van der Waals surface area contributed by atoms with Crippen molar-refractivity contribution in [3.8, 4) is 0 Å². The van der Waals surface area contributed by atoms with Gasteiger partial charge >= 0.3 is 0 Å². The minimum Gasteiger partial charge on any atom is -0.364 e. The van der Waals surface area contributed by atoms with Crippen molar-refractivity contribution < 1.29 is 15.0 Å². The molecule has 17 heavy (non-hydrogen) atoms. The van der Waals surface area contributed by atoms with Crippen LogP contribution >= 0.6 is 0 Å². The summed E-state index contributed by atoms with van der Waals surface area (Å²) in [7, 11) is 0. The first-order valence-electron chi connectivity index (χ1n) is 5.76. The van der Waals surface area contributed by atoms with E-state index in [1.165, 1.54) is 6.92 Å². The fraction of sp³-hybridized carbons (Fsp3) is 0.462. The number of rotatable bonds is 3. The van der Waals surface area contributed by atoms with Crippen LogP contribution in [-0.2, 0) is 11.3 Å². The molecule has 0 aromatic heterocycles. The minimum absolute atomic E-state index is 0.0202. The molecule has 1 atom stereocenters. The van der Waals surface area contributed by atoms with E-state index in [1.54, 1.807) is 4.90 Å². The number of carbonyl (C=O) groups is 1. The summed E-state index contributed by atoms with van der Waals surface area (Å²) in [6.07, 6.45) is 0.878. The average molecular weight is 235 g/mol. The molecule has 1 heterocycles. The van der Waals surface area contributed by atoms with Gasteiger partial charge in [0.05, 0.1) is 6.04 Å². The van der Waals surface area contributed by atoms with Crippen molar-refractivity contribution in [2.24, 2.45) is 0 Å². The van der Waals surface area contributed by atoms with Gasteiger partial charge in [0.2, 0.25) is 5.91 Å². The Balaban J connectivity index is 2.15. The summed E-state index contributed by atoms with van der Waals surface area (Å²) in [6.45, 7) is 1.76. The van der Waals surface area contributed by atoms with E-state index >= 15 is 0 Å². The molecule has 1 aromatic carbocycles. The van der Waals surface area contributed by atoms with Crippen molar-refractivity contribution in [3.63, 3.8) is 0 Å². The lowest BCUT2D eigenvalue weighted by Gasteiger charge is -2.32. The molecule has 4 heteroatoms. The third-order valence-corrected chi connectivity index (χ3v) is 3.16. The van der Waals surface area contributed by atoms with E-state index < -0.39 is 11.8 Å². The predicted molar refractivity (Wildman–Crippen MR) is 62.9 cm³/mol. The molecule has 1 amide bonds. The van der Waals surface area contributed by atoms with Gasteiger partial charge in [-0.05, 0) is 18.9 Å². The highest BCUT2D eigenvalue weighted by molar-refractivity contribution is 5.79. The summed E-state index contributed by atoms with van der Waals surface area (Å²) >= 11 is 0. The Labute approximate surface area is 100 Å². The quantitative estimate of drug-likeness (QED) is 0.764. The molecule has 1 aliphatic rings. The van der Waals surface area contributed by atoms with Crippen molar-refractivity contribution >= 4 is 5.91 Å². The monoisotopic (exact) mass is 235 g/mol. The van der Waals surface area contributed by atoms with Crippen LogP contribution in [0.5, 0.6) is 0 Å². The lowest BCUT2D eigenvalue weighted by atomic mass is 10.1. The number of amides is 1. The van der Waals surface area contributed by atoms with E-state index in [-0.39, 0.29) is 5.91 Å². The molecule has 0 saturated carbocycles. The van der Waals surface area contributed by atoms with Gasteiger partial charge in [0, 0.05) is 13.0 Å². The van der Waals surface area contributed by atoms with Crippen LogP contribution in [0.2, 0.25) is 0 Å². The fourth-order valence-corrected chi connectivity index (χ4v) is 2.28. The van der Waals surface area contributed by atoms with Crippen molar-refractivity contribution in [2.75, 3.05) is 0 Å². The Kier molecular flexibility index (Phi) is 3.17. The lowest BCUT2D eigenvalue weighted by molar-refractivity contribution is -0.190. The van der Waals surface area contributed by atoms with Gasteiger partial charge in [-0.25, -0.2) is 0 Å². The molecule has 0 unspecified atom stereocenters. The van der Waals surface area contributed by atoms with E-state index in [0.717, 1.165) is 5.56 Å². The summed E-state index contributed by atoms with van der Waals surface area (Å²) in [4.78, 5) is 13.3. The van der Waals surface area contributed by atoms with Gasteiger partial charge in [-0.3, -0.25) is 4.79 Å². The van der Waals surface area contributed by atoms with Gasteiger partial charge in [0.15, 0.2) is 5.79 Å². The van der Waals surface area contributed by atoms with Gasteiger partial charge in [-0.2, -0.15) is 0 Å². The number of nitrogens with zero attached hydrogens (tertiary/aromatic N) is 1. The topological polar surface area (TPSA) is 60.8 Å². The number of hydrogen-bond donors (Lipinski definition) is 2. The normalized spacial score (nSPS) is 21.0. The van der Waals surface area contributed by atoms with Crippen LogP contribution in [0, 0.1) is 0 Å². The average Bonchev–Trinajstić information content (AvgIpc) is 2.62. The minimum atomic E-state index is -1.83. The molecule has 92 valence electrons. The maximum atomic E-state index is 11.7. The molecule has 0 bridgehead atoms. The number of benzene rings is 1. The van der Waals surface area contributed by atoms with Crippen LogP contribution in [0.1, 0.15) is 25.3 Å². The van der Waals surface area contributed by atoms with Crippen molar-refractivity contribution in [1.29, 1.82) is 0 Å². The van der Waals surface area contributed by atoms with E-state index in [1.807, 2.05) is 30.3 Å². The highest BCUT2D eigenvalue weighted by atomic mass is 16.5. The Bertz CT molecular complexity index is 397. The summed E-state index contributed by atoms with van der Waals surface area (Å²) < 4.78 is 0. The molecule has 0 radical (unpaired) electrons. The van der Waals surface area contributed by atoms with Crippen molar-refractivity contribution in [1.82, 2.24) is 4.90 Å². The third-order valence-electron chi connectivity index (χ3n) is 3.16. The summed E-state index contributed by atoms with van der Waals surface area (Å²) in [5, 5.41) is 19.3. The zero-order valence-electron chi connectivity index (χ0n) is 9.84. The van der Waals surface area contributed by atoms with Gasteiger partial charge in [0.25, 0.3) is 0 Å². The van der Waals surface area contributed by atoms with Crippen LogP contribution in [0.3, 0.4) is 0 Å². The second-order valence-electron chi connectivity index (χ2n) is 4.66. The molecule has 1 aliphatic heterocycles.